The number of rotatable bonds is 3. The molecule has 4 heteroatoms. The van der Waals surface area contributed by atoms with Crippen molar-refractivity contribution in [2.75, 3.05) is 27.2 Å². The number of nitrogens with zero attached hydrogens (tertiary/aromatic N) is 3. The van der Waals surface area contributed by atoms with Crippen LogP contribution in [0.1, 0.15) is 24.2 Å². The molecule has 3 rings (SSSR count). The Bertz CT molecular complexity index is 528. The number of aryl methyl sites for hydroxylation is 1. The topological polar surface area (TPSA) is 36.4 Å². The average Bonchev–Trinajstić information content (AvgIpc) is 2.94. The normalized spacial score (nSPS) is 28.9. The molecule has 4 nitrogen and oxygen atoms in total. The van der Waals surface area contributed by atoms with Crippen molar-refractivity contribution in [1.82, 2.24) is 14.8 Å². The maximum Gasteiger partial charge on any atom is 0.225 e. The molecule has 0 unspecified atom stereocenters. The van der Waals surface area contributed by atoms with Crippen molar-refractivity contribution in [3.05, 3.63) is 29.6 Å². The Kier molecular flexibility index (Phi) is 3.28. The van der Waals surface area contributed by atoms with Crippen LogP contribution in [0, 0.1) is 18.3 Å². The maximum absolute atomic E-state index is 12.1. The van der Waals surface area contributed by atoms with Crippen LogP contribution >= 0.6 is 0 Å². The van der Waals surface area contributed by atoms with Gasteiger partial charge in [0.2, 0.25) is 5.91 Å². The van der Waals surface area contributed by atoms with Crippen molar-refractivity contribution in [2.45, 2.75) is 26.3 Å². The summed E-state index contributed by atoms with van der Waals surface area (Å²) in [5.41, 5.74) is 2.48. The fraction of sp³-hybridized carbons (Fsp3) is 0.625. The van der Waals surface area contributed by atoms with Crippen LogP contribution in [-0.4, -0.2) is 47.9 Å². The minimum absolute atomic E-state index is 0.257. The number of carbonyl (C=O) groups excluding carboxylic acids is 1. The van der Waals surface area contributed by atoms with Crippen LogP contribution in [0.25, 0.3) is 0 Å². The third-order valence-electron chi connectivity index (χ3n) is 4.72. The third kappa shape index (κ3) is 2.44. The summed E-state index contributed by atoms with van der Waals surface area (Å²) in [6.07, 6.45) is 2.23. The molecule has 1 aliphatic carbocycles. The first-order valence-electron chi connectivity index (χ1n) is 7.36. The number of amides is 1. The van der Waals surface area contributed by atoms with Gasteiger partial charge >= 0.3 is 0 Å². The molecule has 0 bridgehead atoms. The van der Waals surface area contributed by atoms with Crippen LogP contribution in [0.3, 0.4) is 0 Å². The largest absolute Gasteiger partial charge is 0.349 e. The van der Waals surface area contributed by atoms with Crippen LogP contribution in [0.2, 0.25) is 0 Å². The minimum Gasteiger partial charge on any atom is -0.349 e. The van der Waals surface area contributed by atoms with Gasteiger partial charge in [-0.05, 0) is 43.9 Å². The molecule has 20 heavy (non-hydrogen) atoms. The average molecular weight is 273 g/mol. The van der Waals surface area contributed by atoms with Crippen molar-refractivity contribution in [2.24, 2.45) is 11.3 Å². The van der Waals surface area contributed by atoms with E-state index in [4.69, 9.17) is 0 Å². The van der Waals surface area contributed by atoms with Crippen molar-refractivity contribution in [1.29, 1.82) is 0 Å². The van der Waals surface area contributed by atoms with Crippen LogP contribution in [0.15, 0.2) is 18.2 Å². The van der Waals surface area contributed by atoms with E-state index < -0.39 is 0 Å². The fourth-order valence-electron chi connectivity index (χ4n) is 3.50. The molecule has 108 valence electrons. The summed E-state index contributed by atoms with van der Waals surface area (Å²) < 4.78 is 0. The molecule has 1 saturated carbocycles. The SMILES string of the molecule is Cc1cccc(CN2CC[C@]3(C[C@H]3C(=O)N(C)C)C2)n1. The molecule has 2 heterocycles. The van der Waals surface area contributed by atoms with E-state index in [-0.39, 0.29) is 11.3 Å². The zero-order valence-electron chi connectivity index (χ0n) is 12.6. The predicted octanol–water partition coefficient (Wildman–Crippen LogP) is 1.69. The smallest absolute Gasteiger partial charge is 0.225 e. The Morgan fingerprint density at radius 2 is 2.30 bits per heavy atom. The van der Waals surface area contributed by atoms with Gasteiger partial charge in [0.15, 0.2) is 0 Å². The summed E-state index contributed by atoms with van der Waals surface area (Å²) in [5.74, 6) is 0.563. The van der Waals surface area contributed by atoms with Crippen molar-refractivity contribution < 1.29 is 4.79 Å². The Morgan fingerprint density at radius 1 is 1.50 bits per heavy atom. The Hall–Kier alpha value is -1.42. The summed E-state index contributed by atoms with van der Waals surface area (Å²) in [5, 5.41) is 0. The molecule has 1 aromatic rings. The molecular weight excluding hydrogens is 250 g/mol. The maximum atomic E-state index is 12.1. The highest BCUT2D eigenvalue weighted by atomic mass is 16.2. The van der Waals surface area contributed by atoms with Gasteiger partial charge in [0.1, 0.15) is 0 Å². The Balaban J connectivity index is 1.60. The molecule has 1 amide bonds. The third-order valence-corrected chi connectivity index (χ3v) is 4.72. The highest BCUT2D eigenvalue weighted by Crippen LogP contribution is 2.59. The van der Waals surface area contributed by atoms with E-state index in [1.165, 1.54) is 0 Å². The van der Waals surface area contributed by atoms with Crippen molar-refractivity contribution >= 4 is 5.91 Å². The lowest BCUT2D eigenvalue weighted by molar-refractivity contribution is -0.130. The molecule has 0 aromatic carbocycles. The van der Waals surface area contributed by atoms with Gasteiger partial charge in [-0.1, -0.05) is 6.07 Å². The quantitative estimate of drug-likeness (QED) is 0.841. The van der Waals surface area contributed by atoms with Crippen LogP contribution in [0.5, 0.6) is 0 Å². The number of hydrogen-bond donors (Lipinski definition) is 0. The Morgan fingerprint density at radius 3 is 3.00 bits per heavy atom. The zero-order chi connectivity index (χ0) is 14.3. The molecule has 2 aliphatic rings. The predicted molar refractivity (Wildman–Crippen MR) is 78.1 cm³/mol. The van der Waals surface area contributed by atoms with E-state index in [2.05, 4.69) is 22.0 Å². The Labute approximate surface area is 120 Å². The highest BCUT2D eigenvalue weighted by Gasteiger charge is 2.60. The van der Waals surface area contributed by atoms with Crippen molar-refractivity contribution in [3.8, 4) is 0 Å². The molecule has 2 fully saturated rings. The first kappa shape index (κ1) is 13.6. The molecular formula is C16H23N3O. The van der Waals surface area contributed by atoms with E-state index in [1.807, 2.05) is 27.1 Å². The highest BCUT2D eigenvalue weighted by molar-refractivity contribution is 5.82. The lowest BCUT2D eigenvalue weighted by atomic mass is 10.0. The van der Waals surface area contributed by atoms with Gasteiger partial charge in [0.25, 0.3) is 0 Å². The number of likely N-dealkylation sites (tertiary alicyclic amines) is 1. The van der Waals surface area contributed by atoms with E-state index in [0.29, 0.717) is 5.91 Å². The molecule has 1 aromatic heterocycles. The van der Waals surface area contributed by atoms with E-state index in [9.17, 15) is 4.79 Å². The second-order valence-electron chi connectivity index (χ2n) is 6.58. The first-order valence-corrected chi connectivity index (χ1v) is 7.36. The lowest BCUT2D eigenvalue weighted by Gasteiger charge is -2.16. The second-order valence-corrected chi connectivity index (χ2v) is 6.58. The molecule has 0 radical (unpaired) electrons. The van der Waals surface area contributed by atoms with Gasteiger partial charge in [-0.25, -0.2) is 0 Å². The zero-order valence-corrected chi connectivity index (χ0v) is 12.6. The van der Waals surface area contributed by atoms with Crippen molar-refractivity contribution in [3.63, 3.8) is 0 Å². The number of pyridine rings is 1. The number of carbonyl (C=O) groups is 1. The molecule has 1 aliphatic heterocycles. The standard InChI is InChI=1S/C16H23N3O/c1-12-5-4-6-13(17-12)10-19-8-7-16(11-19)9-14(16)15(20)18(2)3/h4-6,14H,7-11H2,1-3H3/t14-,16-/m0/s1. The summed E-state index contributed by atoms with van der Waals surface area (Å²) in [4.78, 5) is 20.8. The monoisotopic (exact) mass is 273 g/mol. The van der Waals surface area contributed by atoms with Gasteiger partial charge in [-0.2, -0.15) is 0 Å². The van der Waals surface area contributed by atoms with Gasteiger partial charge in [0.05, 0.1) is 5.69 Å². The molecule has 1 saturated heterocycles. The van der Waals surface area contributed by atoms with Gasteiger partial charge < -0.3 is 4.90 Å². The fourth-order valence-corrected chi connectivity index (χ4v) is 3.50. The van der Waals surface area contributed by atoms with Gasteiger partial charge in [0, 0.05) is 38.8 Å². The molecule has 2 atom stereocenters. The van der Waals surface area contributed by atoms with E-state index in [0.717, 1.165) is 43.9 Å². The van der Waals surface area contributed by atoms with Gasteiger partial charge in [-0.15, -0.1) is 0 Å². The van der Waals surface area contributed by atoms with E-state index in [1.54, 1.807) is 4.90 Å². The lowest BCUT2D eigenvalue weighted by Crippen LogP contribution is -2.27. The van der Waals surface area contributed by atoms with Crippen LogP contribution in [-0.2, 0) is 11.3 Å². The van der Waals surface area contributed by atoms with E-state index >= 15 is 0 Å². The summed E-state index contributed by atoms with van der Waals surface area (Å²) in [7, 11) is 3.72. The molecule has 0 N–H and O–H groups in total. The summed E-state index contributed by atoms with van der Waals surface area (Å²) >= 11 is 0. The van der Waals surface area contributed by atoms with Crippen LogP contribution in [0.4, 0.5) is 0 Å². The van der Waals surface area contributed by atoms with Crippen LogP contribution < -0.4 is 0 Å². The minimum atomic E-state index is 0.257. The second kappa shape index (κ2) is 4.85. The van der Waals surface area contributed by atoms with Gasteiger partial charge in [-0.3, -0.25) is 14.7 Å². The summed E-state index contributed by atoms with van der Waals surface area (Å²) in [6, 6.07) is 6.19. The number of aromatic nitrogens is 1. The number of hydrogen-bond acceptors (Lipinski definition) is 3. The summed E-state index contributed by atoms with van der Waals surface area (Å²) in [6.45, 7) is 5.08. The first-order chi connectivity index (χ1) is 9.50. The molecule has 1 spiro atoms.